The van der Waals surface area contributed by atoms with Crippen LogP contribution in [0, 0.1) is 29.1 Å². The maximum absolute atomic E-state index is 13.1. The standard InChI is InChI=1S/C23H35N3O2/c1-14(2)22-25-20(28-26-22)13-23(5-3-4-6-23)12-19(27)24-21-17-8-15-7-16(10-17)11-18(21)9-15/h14-18,21H,3-13H2,1-2H3,(H,24,27). The number of rotatable bonds is 6. The Labute approximate surface area is 168 Å². The molecule has 4 bridgehead atoms. The highest BCUT2D eigenvalue weighted by molar-refractivity contribution is 5.77. The molecule has 5 saturated carbocycles. The summed E-state index contributed by atoms with van der Waals surface area (Å²) in [6, 6.07) is 0.440. The molecule has 0 aromatic carbocycles. The van der Waals surface area contributed by atoms with E-state index in [1.807, 2.05) is 0 Å². The van der Waals surface area contributed by atoms with E-state index in [2.05, 4.69) is 29.3 Å². The van der Waals surface area contributed by atoms with Gasteiger partial charge in [0.2, 0.25) is 11.8 Å². The zero-order valence-electron chi connectivity index (χ0n) is 17.5. The van der Waals surface area contributed by atoms with Crippen molar-refractivity contribution in [3.8, 4) is 0 Å². The van der Waals surface area contributed by atoms with Crippen LogP contribution in [-0.4, -0.2) is 22.1 Å². The van der Waals surface area contributed by atoms with Crippen LogP contribution in [0.25, 0.3) is 0 Å². The van der Waals surface area contributed by atoms with Crippen molar-refractivity contribution in [1.82, 2.24) is 15.5 Å². The number of carbonyl (C=O) groups is 1. The van der Waals surface area contributed by atoms with Gasteiger partial charge in [0.05, 0.1) is 0 Å². The number of nitrogens with zero attached hydrogens (tertiary/aromatic N) is 2. The van der Waals surface area contributed by atoms with E-state index in [4.69, 9.17) is 4.52 Å². The van der Waals surface area contributed by atoms with Gasteiger partial charge in [-0.25, -0.2) is 0 Å². The van der Waals surface area contributed by atoms with Crippen molar-refractivity contribution < 1.29 is 9.32 Å². The maximum Gasteiger partial charge on any atom is 0.227 e. The molecule has 0 spiro atoms. The first kappa shape index (κ1) is 18.6. The Balaban J connectivity index is 1.24. The van der Waals surface area contributed by atoms with Crippen molar-refractivity contribution in [1.29, 1.82) is 0 Å². The van der Waals surface area contributed by atoms with E-state index in [-0.39, 0.29) is 17.2 Å². The fourth-order valence-electron chi connectivity index (χ4n) is 7.17. The lowest BCUT2D eigenvalue weighted by Crippen LogP contribution is -2.56. The van der Waals surface area contributed by atoms with Crippen LogP contribution in [0.2, 0.25) is 0 Å². The van der Waals surface area contributed by atoms with Crippen LogP contribution in [0.4, 0.5) is 0 Å². The lowest BCUT2D eigenvalue weighted by Gasteiger charge is -2.54. The first-order valence-corrected chi connectivity index (χ1v) is 11.6. The van der Waals surface area contributed by atoms with Gasteiger partial charge in [-0.05, 0) is 74.0 Å². The lowest BCUT2D eigenvalue weighted by molar-refractivity contribution is -0.127. The van der Waals surface area contributed by atoms with E-state index in [9.17, 15) is 4.79 Å². The van der Waals surface area contributed by atoms with Gasteiger partial charge in [0, 0.05) is 24.8 Å². The van der Waals surface area contributed by atoms with Gasteiger partial charge in [-0.3, -0.25) is 4.79 Å². The first-order valence-electron chi connectivity index (χ1n) is 11.6. The Bertz CT molecular complexity index is 691. The summed E-state index contributed by atoms with van der Waals surface area (Å²) in [6.07, 6.45) is 12.8. The lowest BCUT2D eigenvalue weighted by atomic mass is 9.54. The van der Waals surface area contributed by atoms with Gasteiger partial charge in [-0.1, -0.05) is 31.8 Å². The fraction of sp³-hybridized carbons (Fsp3) is 0.870. The Morgan fingerprint density at radius 1 is 1.11 bits per heavy atom. The van der Waals surface area contributed by atoms with Gasteiger partial charge < -0.3 is 9.84 Å². The van der Waals surface area contributed by atoms with Crippen molar-refractivity contribution in [2.24, 2.45) is 29.1 Å². The molecule has 0 radical (unpaired) electrons. The fourth-order valence-corrected chi connectivity index (χ4v) is 7.17. The predicted molar refractivity (Wildman–Crippen MR) is 107 cm³/mol. The van der Waals surface area contributed by atoms with Crippen LogP contribution in [0.15, 0.2) is 4.52 Å². The van der Waals surface area contributed by atoms with Gasteiger partial charge >= 0.3 is 0 Å². The van der Waals surface area contributed by atoms with Crippen LogP contribution in [0.3, 0.4) is 0 Å². The largest absolute Gasteiger partial charge is 0.353 e. The van der Waals surface area contributed by atoms with E-state index in [0.29, 0.717) is 18.4 Å². The highest BCUT2D eigenvalue weighted by Crippen LogP contribution is 2.54. The number of carbonyl (C=O) groups excluding carboxylic acids is 1. The third kappa shape index (κ3) is 3.50. The van der Waals surface area contributed by atoms with Gasteiger partial charge in [-0.15, -0.1) is 0 Å². The molecule has 1 amide bonds. The molecule has 5 heteroatoms. The maximum atomic E-state index is 13.1. The minimum absolute atomic E-state index is 0.0107. The number of nitrogens with one attached hydrogen (secondary N) is 1. The molecule has 5 fully saturated rings. The topological polar surface area (TPSA) is 68.0 Å². The highest BCUT2D eigenvalue weighted by Gasteiger charge is 2.49. The third-order valence-corrected chi connectivity index (χ3v) is 8.28. The summed E-state index contributed by atoms with van der Waals surface area (Å²) in [5.41, 5.74) is 0.0107. The molecule has 28 heavy (non-hydrogen) atoms. The Hall–Kier alpha value is -1.39. The molecule has 1 heterocycles. The molecule has 0 atom stereocenters. The summed E-state index contributed by atoms with van der Waals surface area (Å²) in [6.45, 7) is 4.16. The molecule has 5 nitrogen and oxygen atoms in total. The highest BCUT2D eigenvalue weighted by atomic mass is 16.5. The van der Waals surface area contributed by atoms with Crippen molar-refractivity contribution in [3.05, 3.63) is 11.7 Å². The second-order valence-corrected chi connectivity index (χ2v) is 10.8. The molecule has 0 saturated heterocycles. The van der Waals surface area contributed by atoms with Crippen LogP contribution in [-0.2, 0) is 11.2 Å². The molecule has 1 N–H and O–H groups in total. The summed E-state index contributed by atoms with van der Waals surface area (Å²) < 4.78 is 5.53. The summed E-state index contributed by atoms with van der Waals surface area (Å²) in [5, 5.41) is 7.64. The van der Waals surface area contributed by atoms with E-state index in [1.165, 1.54) is 44.9 Å². The van der Waals surface area contributed by atoms with Crippen LogP contribution >= 0.6 is 0 Å². The van der Waals surface area contributed by atoms with Gasteiger partial charge in [0.1, 0.15) is 0 Å². The Kier molecular flexibility index (Phi) is 4.75. The van der Waals surface area contributed by atoms with Crippen molar-refractivity contribution >= 4 is 5.91 Å². The second kappa shape index (κ2) is 7.14. The quantitative estimate of drug-likeness (QED) is 0.775. The zero-order valence-corrected chi connectivity index (χ0v) is 17.5. The molecular formula is C23H35N3O2. The Morgan fingerprint density at radius 2 is 1.75 bits per heavy atom. The molecule has 5 aliphatic carbocycles. The van der Waals surface area contributed by atoms with Crippen LogP contribution in [0.1, 0.15) is 95.7 Å². The molecule has 0 unspecified atom stereocenters. The van der Waals surface area contributed by atoms with E-state index in [1.54, 1.807) is 0 Å². The van der Waals surface area contributed by atoms with E-state index in [0.717, 1.165) is 48.8 Å². The molecule has 1 aromatic rings. The number of aromatic nitrogens is 2. The Morgan fingerprint density at radius 3 is 2.32 bits per heavy atom. The van der Waals surface area contributed by atoms with Gasteiger partial charge in [0.25, 0.3) is 0 Å². The monoisotopic (exact) mass is 385 g/mol. The minimum atomic E-state index is 0.0107. The predicted octanol–water partition coefficient (Wildman–Crippen LogP) is 4.63. The van der Waals surface area contributed by atoms with E-state index < -0.39 is 0 Å². The van der Waals surface area contributed by atoms with Crippen molar-refractivity contribution in [2.45, 2.75) is 96.4 Å². The van der Waals surface area contributed by atoms with Crippen molar-refractivity contribution in [2.75, 3.05) is 0 Å². The third-order valence-electron chi connectivity index (χ3n) is 8.28. The molecule has 0 aliphatic heterocycles. The average molecular weight is 386 g/mol. The van der Waals surface area contributed by atoms with Crippen molar-refractivity contribution in [3.63, 3.8) is 0 Å². The second-order valence-electron chi connectivity index (χ2n) is 10.8. The first-order chi connectivity index (χ1) is 13.5. The summed E-state index contributed by atoms with van der Waals surface area (Å²) in [5.74, 6) is 5.41. The SMILES string of the molecule is CC(C)c1noc(CC2(CC(=O)NC3C4CC5CC(C4)CC3C5)CCCC2)n1. The number of hydrogen-bond donors (Lipinski definition) is 1. The molecule has 1 aromatic heterocycles. The van der Waals surface area contributed by atoms with Gasteiger partial charge in [-0.2, -0.15) is 4.98 Å². The smallest absolute Gasteiger partial charge is 0.227 e. The summed E-state index contributed by atoms with van der Waals surface area (Å²) in [7, 11) is 0. The number of amides is 1. The summed E-state index contributed by atoms with van der Waals surface area (Å²) in [4.78, 5) is 17.7. The molecule has 154 valence electrons. The average Bonchev–Trinajstić information content (AvgIpc) is 3.28. The number of hydrogen-bond acceptors (Lipinski definition) is 4. The molecular weight excluding hydrogens is 350 g/mol. The molecule has 5 aliphatic rings. The van der Waals surface area contributed by atoms with E-state index >= 15 is 0 Å². The normalized spacial score (nSPS) is 35.6. The molecule has 6 rings (SSSR count). The minimum Gasteiger partial charge on any atom is -0.353 e. The zero-order chi connectivity index (χ0) is 19.3. The van der Waals surface area contributed by atoms with Gasteiger partial charge in [0.15, 0.2) is 5.82 Å². The summed E-state index contributed by atoms with van der Waals surface area (Å²) >= 11 is 0. The van der Waals surface area contributed by atoms with Crippen LogP contribution in [0.5, 0.6) is 0 Å². The van der Waals surface area contributed by atoms with Crippen LogP contribution < -0.4 is 5.32 Å².